The van der Waals surface area contributed by atoms with Crippen molar-refractivity contribution in [1.82, 2.24) is 18.9 Å². The van der Waals surface area contributed by atoms with Crippen LogP contribution in [-0.4, -0.2) is 25.4 Å². The van der Waals surface area contributed by atoms with E-state index in [0.717, 1.165) is 42.7 Å². The molecule has 3 aromatic heterocycles. The van der Waals surface area contributed by atoms with Crippen molar-refractivity contribution in [2.24, 2.45) is 0 Å². The first-order valence-electron chi connectivity index (χ1n) is 8.59. The van der Waals surface area contributed by atoms with Crippen LogP contribution in [0.2, 0.25) is 0 Å². The van der Waals surface area contributed by atoms with Gasteiger partial charge in [0.1, 0.15) is 6.07 Å². The van der Waals surface area contributed by atoms with Gasteiger partial charge in [0.15, 0.2) is 0 Å². The molecule has 0 amide bonds. The highest BCUT2D eigenvalue weighted by molar-refractivity contribution is 5.65. The van der Waals surface area contributed by atoms with Crippen molar-refractivity contribution in [1.29, 1.82) is 5.26 Å². The van der Waals surface area contributed by atoms with Crippen LogP contribution >= 0.6 is 0 Å². The quantitative estimate of drug-likeness (QED) is 0.746. The molecular weight excluding hydrogens is 298 g/mol. The second-order valence-electron chi connectivity index (χ2n) is 6.87. The minimum Gasteiger partial charge on any atom is -0.331 e. The lowest BCUT2D eigenvalue weighted by Crippen LogP contribution is -2.31. The first-order chi connectivity index (χ1) is 11.8. The number of pyridine rings is 1. The molecule has 0 spiro atoms. The Hall–Kier alpha value is -2.58. The lowest BCUT2D eigenvalue weighted by atomic mass is 10.1. The van der Waals surface area contributed by atoms with Crippen LogP contribution in [0.3, 0.4) is 0 Å². The van der Waals surface area contributed by atoms with E-state index in [-0.39, 0.29) is 0 Å². The van der Waals surface area contributed by atoms with Crippen LogP contribution in [-0.2, 0) is 19.5 Å². The van der Waals surface area contributed by atoms with Gasteiger partial charge >= 0.3 is 0 Å². The van der Waals surface area contributed by atoms with Gasteiger partial charge in [0.05, 0.1) is 23.1 Å². The summed E-state index contributed by atoms with van der Waals surface area (Å²) in [4.78, 5) is 7.05. The molecule has 1 aliphatic carbocycles. The summed E-state index contributed by atoms with van der Waals surface area (Å²) in [5.74, 6) is 0. The smallest absolute Gasteiger partial charge is 0.102 e. The van der Waals surface area contributed by atoms with E-state index in [1.165, 1.54) is 24.2 Å². The largest absolute Gasteiger partial charge is 0.331 e. The molecule has 1 saturated carbocycles. The van der Waals surface area contributed by atoms with Crippen molar-refractivity contribution >= 4 is 5.52 Å². The first-order valence-corrected chi connectivity index (χ1v) is 8.59. The molecule has 0 bridgehead atoms. The molecule has 0 unspecified atom stereocenters. The molecule has 5 rings (SSSR count). The monoisotopic (exact) mass is 317 g/mol. The van der Waals surface area contributed by atoms with Gasteiger partial charge < -0.3 is 8.97 Å². The predicted octanol–water partition coefficient (Wildman–Crippen LogP) is 2.90. The lowest BCUT2D eigenvalue weighted by molar-refractivity contribution is 0.239. The molecule has 0 radical (unpaired) electrons. The summed E-state index contributed by atoms with van der Waals surface area (Å²) in [5.41, 5.74) is 5.54. The van der Waals surface area contributed by atoms with E-state index in [1.54, 1.807) is 0 Å². The summed E-state index contributed by atoms with van der Waals surface area (Å²) in [6.07, 6.45) is 9.78. The number of rotatable bonds is 3. The molecule has 0 aromatic carbocycles. The van der Waals surface area contributed by atoms with Gasteiger partial charge in [-0.1, -0.05) is 6.07 Å². The average Bonchev–Trinajstić information content (AvgIpc) is 3.26. The standard InChI is InChI=1S/C19H19N5/c20-9-16-14(11-23-7-2-1-3-18(16)23)10-22-8-6-19-17(12-22)21-13-24(19)15-4-5-15/h1-3,7,11,13,15H,4-6,8,10,12H2. The van der Waals surface area contributed by atoms with Crippen molar-refractivity contribution in [2.75, 3.05) is 6.54 Å². The zero-order chi connectivity index (χ0) is 16.1. The number of fused-ring (bicyclic) bond motifs is 2. The minimum atomic E-state index is 0.703. The molecule has 1 aliphatic heterocycles. The number of nitriles is 1. The number of hydrogen-bond donors (Lipinski definition) is 0. The fourth-order valence-corrected chi connectivity index (χ4v) is 3.86. The molecule has 3 aromatic rings. The van der Waals surface area contributed by atoms with Crippen molar-refractivity contribution in [3.63, 3.8) is 0 Å². The van der Waals surface area contributed by atoms with E-state index in [2.05, 4.69) is 26.7 Å². The number of imidazole rings is 1. The second kappa shape index (κ2) is 5.22. The molecule has 0 saturated heterocycles. The molecule has 5 heteroatoms. The lowest BCUT2D eigenvalue weighted by Gasteiger charge is -2.26. The average molecular weight is 317 g/mol. The molecule has 24 heavy (non-hydrogen) atoms. The Balaban J connectivity index is 1.42. The summed E-state index contributed by atoms with van der Waals surface area (Å²) >= 11 is 0. The van der Waals surface area contributed by atoms with E-state index >= 15 is 0 Å². The normalized spacial score (nSPS) is 17.8. The van der Waals surface area contributed by atoms with Crippen molar-refractivity contribution < 1.29 is 0 Å². The van der Waals surface area contributed by atoms with Gasteiger partial charge in [-0.05, 0) is 25.0 Å². The van der Waals surface area contributed by atoms with Crippen molar-refractivity contribution in [3.8, 4) is 6.07 Å². The highest BCUT2D eigenvalue weighted by Crippen LogP contribution is 2.37. The number of nitrogens with zero attached hydrogens (tertiary/aromatic N) is 5. The van der Waals surface area contributed by atoms with Crippen LogP contribution in [0.15, 0.2) is 36.9 Å². The van der Waals surface area contributed by atoms with Crippen LogP contribution < -0.4 is 0 Å². The third-order valence-electron chi connectivity index (χ3n) is 5.23. The van der Waals surface area contributed by atoms with Gasteiger partial charge in [-0.15, -0.1) is 0 Å². The Morgan fingerprint density at radius 2 is 2.21 bits per heavy atom. The second-order valence-corrected chi connectivity index (χ2v) is 6.87. The summed E-state index contributed by atoms with van der Waals surface area (Å²) in [6, 6.07) is 9.08. The third kappa shape index (κ3) is 2.15. The maximum Gasteiger partial charge on any atom is 0.102 e. The van der Waals surface area contributed by atoms with Crippen LogP contribution in [0, 0.1) is 11.3 Å². The predicted molar refractivity (Wildman–Crippen MR) is 90.4 cm³/mol. The van der Waals surface area contributed by atoms with E-state index in [9.17, 15) is 5.26 Å². The Bertz CT molecular complexity index is 954. The van der Waals surface area contributed by atoms with Crippen LogP contribution in [0.25, 0.3) is 5.52 Å². The molecule has 5 nitrogen and oxygen atoms in total. The minimum absolute atomic E-state index is 0.703. The zero-order valence-corrected chi connectivity index (χ0v) is 13.5. The molecule has 0 N–H and O–H groups in total. The fraction of sp³-hybridized carbons (Fsp3) is 0.368. The fourth-order valence-electron chi connectivity index (χ4n) is 3.86. The third-order valence-corrected chi connectivity index (χ3v) is 5.23. The van der Waals surface area contributed by atoms with Gasteiger partial charge in [0, 0.05) is 55.7 Å². The van der Waals surface area contributed by atoms with Crippen LogP contribution in [0.5, 0.6) is 0 Å². The topological polar surface area (TPSA) is 49.3 Å². The molecule has 2 aliphatic rings. The van der Waals surface area contributed by atoms with Gasteiger partial charge in [-0.2, -0.15) is 5.26 Å². The van der Waals surface area contributed by atoms with Crippen molar-refractivity contribution in [2.45, 2.75) is 38.4 Å². The maximum absolute atomic E-state index is 9.57. The molecule has 1 fully saturated rings. The van der Waals surface area contributed by atoms with Gasteiger partial charge in [-0.3, -0.25) is 4.90 Å². The number of hydrogen-bond acceptors (Lipinski definition) is 3. The molecule has 0 atom stereocenters. The zero-order valence-electron chi connectivity index (χ0n) is 13.5. The molecule has 120 valence electrons. The molecule has 4 heterocycles. The van der Waals surface area contributed by atoms with E-state index in [4.69, 9.17) is 0 Å². The van der Waals surface area contributed by atoms with Crippen molar-refractivity contribution in [3.05, 3.63) is 59.4 Å². The van der Waals surface area contributed by atoms with Gasteiger partial charge in [-0.25, -0.2) is 4.98 Å². The Kier molecular flexibility index (Phi) is 3.00. The number of aromatic nitrogens is 3. The van der Waals surface area contributed by atoms with E-state index < -0.39 is 0 Å². The van der Waals surface area contributed by atoms with E-state index in [0.29, 0.717) is 6.04 Å². The SMILES string of the molecule is N#Cc1c(CN2CCc3c(ncn3C3CC3)C2)cn2ccccc12. The van der Waals surface area contributed by atoms with Gasteiger partial charge in [0.25, 0.3) is 0 Å². The summed E-state index contributed by atoms with van der Waals surface area (Å²) in [6.45, 7) is 2.72. The summed E-state index contributed by atoms with van der Waals surface area (Å²) in [5, 5.41) is 9.57. The Morgan fingerprint density at radius 3 is 3.04 bits per heavy atom. The summed E-state index contributed by atoms with van der Waals surface area (Å²) < 4.78 is 4.44. The maximum atomic E-state index is 9.57. The first kappa shape index (κ1) is 13.8. The highest BCUT2D eigenvalue weighted by Gasteiger charge is 2.29. The Labute approximate surface area is 140 Å². The Morgan fingerprint density at radius 1 is 1.29 bits per heavy atom. The molecular formula is C19H19N5. The highest BCUT2D eigenvalue weighted by atomic mass is 15.2. The summed E-state index contributed by atoms with van der Waals surface area (Å²) in [7, 11) is 0. The van der Waals surface area contributed by atoms with Gasteiger partial charge in [0.2, 0.25) is 0 Å². The van der Waals surface area contributed by atoms with E-state index in [1.807, 2.05) is 35.1 Å². The van der Waals surface area contributed by atoms with Crippen LogP contribution in [0.1, 0.15) is 41.4 Å². The van der Waals surface area contributed by atoms with Crippen LogP contribution in [0.4, 0.5) is 0 Å².